The summed E-state index contributed by atoms with van der Waals surface area (Å²) in [6.07, 6.45) is 1.89. The van der Waals surface area contributed by atoms with Gasteiger partial charge in [-0.1, -0.05) is 23.4 Å². The highest BCUT2D eigenvalue weighted by atomic mass is 35.5. The smallest absolute Gasteiger partial charge is 0.245 e. The van der Waals surface area contributed by atoms with E-state index in [4.69, 9.17) is 11.6 Å². The quantitative estimate of drug-likeness (QED) is 0.508. The molecule has 0 atom stereocenters. The van der Waals surface area contributed by atoms with E-state index in [9.17, 15) is 4.79 Å². The molecule has 98 valence electrons. The Morgan fingerprint density at radius 2 is 2.22 bits per heavy atom. The van der Waals surface area contributed by atoms with E-state index in [-0.39, 0.29) is 5.91 Å². The minimum absolute atomic E-state index is 0.00538. The molecular weight excluding hydrogens is 272 g/mol. The molecule has 18 heavy (non-hydrogen) atoms. The molecule has 0 bridgehead atoms. The molecule has 0 saturated carbocycles. The van der Waals surface area contributed by atoms with Crippen LogP contribution < -0.4 is 10.2 Å². The Morgan fingerprint density at radius 3 is 2.89 bits per heavy atom. The highest BCUT2D eigenvalue weighted by Gasteiger charge is 2.38. The predicted molar refractivity (Wildman–Crippen MR) is 73.3 cm³/mol. The van der Waals surface area contributed by atoms with E-state index >= 15 is 0 Å². The van der Waals surface area contributed by atoms with Crippen molar-refractivity contribution in [2.24, 2.45) is 0 Å². The third-order valence-corrected chi connectivity index (χ3v) is 3.71. The summed E-state index contributed by atoms with van der Waals surface area (Å²) in [5.74, 6) is 0.688. The maximum absolute atomic E-state index is 11.9. The second kappa shape index (κ2) is 4.93. The number of thioether (sulfide) groups is 1. The molecular formula is C11H15ClN4OS. The van der Waals surface area contributed by atoms with Crippen LogP contribution in [0.25, 0.3) is 0 Å². The summed E-state index contributed by atoms with van der Waals surface area (Å²) >= 11 is 7.41. The van der Waals surface area contributed by atoms with Gasteiger partial charge in [0.05, 0.1) is 0 Å². The van der Waals surface area contributed by atoms with Crippen LogP contribution in [0.2, 0.25) is 5.15 Å². The Labute approximate surface area is 115 Å². The van der Waals surface area contributed by atoms with Crippen LogP contribution in [0.4, 0.5) is 5.82 Å². The van der Waals surface area contributed by atoms with Crippen molar-refractivity contribution in [2.45, 2.75) is 24.5 Å². The van der Waals surface area contributed by atoms with Gasteiger partial charge in [0.15, 0.2) is 5.16 Å². The number of hydrogen-bond acceptors (Lipinski definition) is 5. The van der Waals surface area contributed by atoms with Gasteiger partial charge in [-0.05, 0) is 20.1 Å². The fourth-order valence-electron chi connectivity index (χ4n) is 1.92. The highest BCUT2D eigenvalue weighted by Crippen LogP contribution is 2.27. The minimum Gasteiger partial charge on any atom is -0.352 e. The van der Waals surface area contributed by atoms with Crippen LogP contribution in [-0.2, 0) is 4.79 Å². The zero-order chi connectivity index (χ0) is 13.3. The number of aromatic nitrogens is 2. The monoisotopic (exact) mass is 286 g/mol. The molecule has 2 heterocycles. The highest BCUT2D eigenvalue weighted by molar-refractivity contribution is 7.98. The van der Waals surface area contributed by atoms with Gasteiger partial charge >= 0.3 is 0 Å². The van der Waals surface area contributed by atoms with Gasteiger partial charge in [0, 0.05) is 19.2 Å². The second-order valence-electron chi connectivity index (χ2n) is 4.50. The molecule has 0 unspecified atom stereocenters. The predicted octanol–water partition coefficient (Wildman–Crippen LogP) is 1.57. The zero-order valence-electron chi connectivity index (χ0n) is 10.5. The van der Waals surface area contributed by atoms with Gasteiger partial charge in [-0.25, -0.2) is 9.97 Å². The van der Waals surface area contributed by atoms with E-state index in [1.807, 2.05) is 25.0 Å². The first-order valence-corrected chi connectivity index (χ1v) is 7.20. The maximum atomic E-state index is 11.9. The summed E-state index contributed by atoms with van der Waals surface area (Å²) in [7, 11) is 0. The number of nitrogens with one attached hydrogen (secondary N) is 1. The number of halogens is 1. The van der Waals surface area contributed by atoms with Crippen molar-refractivity contribution in [2.75, 3.05) is 24.2 Å². The third-order valence-electron chi connectivity index (χ3n) is 2.97. The Bertz CT molecular complexity index is 480. The Balaban J connectivity index is 2.41. The number of amides is 1. The van der Waals surface area contributed by atoms with Crippen LogP contribution in [0.3, 0.4) is 0 Å². The van der Waals surface area contributed by atoms with Gasteiger partial charge < -0.3 is 10.2 Å². The normalized spacial score (nSPS) is 18.7. The van der Waals surface area contributed by atoms with Crippen molar-refractivity contribution < 1.29 is 4.79 Å². The molecule has 1 aliphatic rings. The molecule has 1 aromatic heterocycles. The summed E-state index contributed by atoms with van der Waals surface area (Å²) in [5.41, 5.74) is -0.633. The van der Waals surface area contributed by atoms with E-state index in [1.165, 1.54) is 11.8 Å². The van der Waals surface area contributed by atoms with Crippen LogP contribution in [0, 0.1) is 0 Å². The second-order valence-corrected chi connectivity index (χ2v) is 5.66. The lowest BCUT2D eigenvalue weighted by molar-refractivity contribution is -0.126. The lowest BCUT2D eigenvalue weighted by atomic mass is 9.99. The van der Waals surface area contributed by atoms with Gasteiger partial charge in [0.2, 0.25) is 5.91 Å². The number of carbonyl (C=O) groups is 1. The van der Waals surface area contributed by atoms with Crippen molar-refractivity contribution in [3.05, 3.63) is 11.2 Å². The van der Waals surface area contributed by atoms with E-state index in [0.717, 1.165) is 0 Å². The van der Waals surface area contributed by atoms with Crippen molar-refractivity contribution in [1.29, 1.82) is 0 Å². The minimum atomic E-state index is -0.633. The van der Waals surface area contributed by atoms with Crippen molar-refractivity contribution in [1.82, 2.24) is 15.3 Å². The zero-order valence-corrected chi connectivity index (χ0v) is 12.1. The van der Waals surface area contributed by atoms with E-state index < -0.39 is 5.54 Å². The molecule has 1 fully saturated rings. The summed E-state index contributed by atoms with van der Waals surface area (Å²) in [6.45, 7) is 5.06. The topological polar surface area (TPSA) is 58.1 Å². The summed E-state index contributed by atoms with van der Waals surface area (Å²) in [4.78, 5) is 22.4. The number of rotatable bonds is 2. The molecule has 1 aromatic rings. The van der Waals surface area contributed by atoms with Gasteiger partial charge in [-0.2, -0.15) is 0 Å². The molecule has 1 N–H and O–H groups in total. The summed E-state index contributed by atoms with van der Waals surface area (Å²) < 4.78 is 0. The van der Waals surface area contributed by atoms with Gasteiger partial charge in [-0.3, -0.25) is 4.79 Å². The first kappa shape index (κ1) is 13.4. The first-order chi connectivity index (χ1) is 8.45. The van der Waals surface area contributed by atoms with Crippen LogP contribution in [0.15, 0.2) is 11.2 Å². The fourth-order valence-corrected chi connectivity index (χ4v) is 2.52. The lowest BCUT2D eigenvalue weighted by Gasteiger charge is -2.42. The Kier molecular flexibility index (Phi) is 3.68. The molecule has 7 heteroatoms. The SMILES string of the molecule is CSc1nc(Cl)cc(N2CCNC(=O)C2(C)C)n1. The molecule has 0 aromatic carbocycles. The van der Waals surface area contributed by atoms with E-state index in [2.05, 4.69) is 15.3 Å². The van der Waals surface area contributed by atoms with E-state index in [0.29, 0.717) is 29.2 Å². The van der Waals surface area contributed by atoms with Crippen molar-refractivity contribution in [3.8, 4) is 0 Å². The van der Waals surface area contributed by atoms with Crippen LogP contribution in [0.5, 0.6) is 0 Å². The molecule has 0 radical (unpaired) electrons. The van der Waals surface area contributed by atoms with E-state index in [1.54, 1.807) is 6.07 Å². The molecule has 1 amide bonds. The lowest BCUT2D eigenvalue weighted by Crippen LogP contribution is -2.62. The van der Waals surface area contributed by atoms with Gasteiger partial charge in [0.1, 0.15) is 16.5 Å². The molecule has 2 rings (SSSR count). The number of hydrogen-bond donors (Lipinski definition) is 1. The van der Waals surface area contributed by atoms with Crippen LogP contribution in [0.1, 0.15) is 13.8 Å². The van der Waals surface area contributed by atoms with Gasteiger partial charge in [0.25, 0.3) is 0 Å². The molecule has 0 aliphatic carbocycles. The molecule has 0 spiro atoms. The number of anilines is 1. The Hall–Kier alpha value is -1.01. The van der Waals surface area contributed by atoms with Crippen LogP contribution in [-0.4, -0.2) is 40.8 Å². The maximum Gasteiger partial charge on any atom is 0.245 e. The number of piperazine rings is 1. The largest absolute Gasteiger partial charge is 0.352 e. The first-order valence-electron chi connectivity index (χ1n) is 5.59. The Morgan fingerprint density at radius 1 is 1.50 bits per heavy atom. The standard InChI is InChI=1S/C11H15ClN4OS/c1-11(2)9(17)13-4-5-16(11)8-6-7(12)14-10(15-8)18-3/h6H,4-5H2,1-3H3,(H,13,17). The van der Waals surface area contributed by atoms with Crippen LogP contribution >= 0.6 is 23.4 Å². The molecule has 1 saturated heterocycles. The van der Waals surface area contributed by atoms with Crippen molar-refractivity contribution >= 4 is 35.1 Å². The van der Waals surface area contributed by atoms with Gasteiger partial charge in [-0.15, -0.1) is 0 Å². The van der Waals surface area contributed by atoms with Crippen molar-refractivity contribution in [3.63, 3.8) is 0 Å². The number of carbonyl (C=O) groups excluding carboxylic acids is 1. The summed E-state index contributed by atoms with van der Waals surface area (Å²) in [6, 6.07) is 1.70. The molecule has 1 aliphatic heterocycles. The third kappa shape index (κ3) is 2.40. The average molecular weight is 287 g/mol. The number of nitrogens with zero attached hydrogens (tertiary/aromatic N) is 3. The molecule has 5 nitrogen and oxygen atoms in total. The fraction of sp³-hybridized carbons (Fsp3) is 0.545. The average Bonchev–Trinajstić information content (AvgIpc) is 2.31. The summed E-state index contributed by atoms with van der Waals surface area (Å²) in [5, 5.41) is 3.86.